The van der Waals surface area contributed by atoms with Crippen molar-refractivity contribution in [2.45, 2.75) is 37.8 Å². The quantitative estimate of drug-likeness (QED) is 0.775. The summed E-state index contributed by atoms with van der Waals surface area (Å²) >= 11 is 0. The molecular weight excluding hydrogens is 328 g/mol. The summed E-state index contributed by atoms with van der Waals surface area (Å²) in [5, 5.41) is 16.4. The molecule has 1 saturated carbocycles. The fraction of sp³-hybridized carbons (Fsp3) is 0.476. The van der Waals surface area contributed by atoms with E-state index >= 15 is 0 Å². The predicted molar refractivity (Wildman–Crippen MR) is 100 cm³/mol. The average Bonchev–Trinajstić information content (AvgIpc) is 2.87. The van der Waals surface area contributed by atoms with Crippen molar-refractivity contribution >= 4 is 12.0 Å². The predicted octanol–water partition coefficient (Wildman–Crippen LogP) is 2.23. The van der Waals surface area contributed by atoms with Gasteiger partial charge in [-0.1, -0.05) is 18.2 Å². The molecule has 3 aliphatic rings. The Balaban J connectivity index is 1.51. The van der Waals surface area contributed by atoms with Gasteiger partial charge in [-0.2, -0.15) is 0 Å². The number of piperidine rings is 1. The first-order valence-electron chi connectivity index (χ1n) is 9.54. The normalized spacial score (nSPS) is 26.6. The zero-order chi connectivity index (χ0) is 17.9. The molecule has 0 aromatic heterocycles. The molecule has 1 aliphatic carbocycles. The lowest BCUT2D eigenvalue weighted by Gasteiger charge is -2.43. The topological polar surface area (TPSA) is 70.6 Å². The second kappa shape index (κ2) is 7.64. The number of hydrogen-bond donors (Lipinski definition) is 3. The monoisotopic (exact) mass is 354 g/mol. The van der Waals surface area contributed by atoms with E-state index in [1.165, 1.54) is 0 Å². The molecule has 2 fully saturated rings. The van der Waals surface area contributed by atoms with Crippen molar-refractivity contribution in [3.05, 3.63) is 47.7 Å². The van der Waals surface area contributed by atoms with Crippen LogP contribution in [0, 0.1) is 11.8 Å². The van der Waals surface area contributed by atoms with Crippen molar-refractivity contribution < 1.29 is 14.6 Å². The molecule has 2 aliphatic heterocycles. The second-order valence-corrected chi connectivity index (χ2v) is 7.53. The number of amides is 1. The number of fused-ring (bicyclic) bond motifs is 1. The average molecular weight is 354 g/mol. The van der Waals surface area contributed by atoms with Gasteiger partial charge in [-0.05, 0) is 68.8 Å². The van der Waals surface area contributed by atoms with Crippen LogP contribution in [-0.2, 0) is 4.79 Å². The number of carbonyl (C=O) groups excluding carboxylic acids is 1. The van der Waals surface area contributed by atoms with Gasteiger partial charge in [0.25, 0.3) is 5.91 Å². The third kappa shape index (κ3) is 3.69. The Morgan fingerprint density at radius 3 is 2.73 bits per heavy atom. The minimum Gasteiger partial charge on any atom is -0.464 e. The first-order chi connectivity index (χ1) is 12.7. The third-order valence-electron chi connectivity index (χ3n) is 5.78. The van der Waals surface area contributed by atoms with E-state index in [1.54, 1.807) is 12.3 Å². The van der Waals surface area contributed by atoms with E-state index in [4.69, 9.17) is 4.74 Å². The molecule has 1 aromatic rings. The molecule has 0 radical (unpaired) electrons. The van der Waals surface area contributed by atoms with Crippen LogP contribution in [0.3, 0.4) is 0 Å². The first-order valence-corrected chi connectivity index (χ1v) is 9.54. The maximum Gasteiger partial charge on any atom is 0.251 e. The lowest BCUT2D eigenvalue weighted by atomic mass is 9.71. The zero-order valence-electron chi connectivity index (χ0n) is 14.9. The smallest absolute Gasteiger partial charge is 0.251 e. The largest absolute Gasteiger partial charge is 0.464 e. The molecule has 138 valence electrons. The molecule has 1 aromatic carbocycles. The van der Waals surface area contributed by atoms with Crippen LogP contribution in [0.25, 0.3) is 6.08 Å². The molecule has 3 N–H and O–H groups in total. The van der Waals surface area contributed by atoms with Gasteiger partial charge in [0, 0.05) is 17.2 Å². The van der Waals surface area contributed by atoms with Crippen molar-refractivity contribution in [1.29, 1.82) is 0 Å². The Bertz CT molecular complexity index is 716. The van der Waals surface area contributed by atoms with E-state index in [-0.39, 0.29) is 18.1 Å². The molecule has 2 heterocycles. The summed E-state index contributed by atoms with van der Waals surface area (Å²) < 4.78 is 5.59. The van der Waals surface area contributed by atoms with Crippen LogP contribution in [0.4, 0.5) is 0 Å². The minimum atomic E-state index is -0.210. The summed E-state index contributed by atoms with van der Waals surface area (Å²) in [6.45, 7) is 1.99. The lowest BCUT2D eigenvalue weighted by molar-refractivity contribution is -0.119. The number of carbonyl (C=O) groups is 1. The molecule has 26 heavy (non-hydrogen) atoms. The van der Waals surface area contributed by atoms with Crippen LogP contribution in [0.2, 0.25) is 0 Å². The summed E-state index contributed by atoms with van der Waals surface area (Å²) in [5.41, 5.74) is 1.51. The second-order valence-electron chi connectivity index (χ2n) is 7.53. The van der Waals surface area contributed by atoms with Gasteiger partial charge in [0.2, 0.25) is 0 Å². The highest BCUT2D eigenvalue weighted by Crippen LogP contribution is 2.36. The third-order valence-corrected chi connectivity index (χ3v) is 5.78. The Morgan fingerprint density at radius 2 is 1.96 bits per heavy atom. The van der Waals surface area contributed by atoms with E-state index in [2.05, 4.69) is 10.6 Å². The number of aliphatic hydroxyl groups is 1. The Hall–Kier alpha value is -2.11. The van der Waals surface area contributed by atoms with E-state index in [0.717, 1.165) is 50.1 Å². The number of aliphatic hydroxyl groups excluding tert-OH is 1. The van der Waals surface area contributed by atoms with Gasteiger partial charge in [0.15, 0.2) is 0 Å². The highest BCUT2D eigenvalue weighted by molar-refractivity contribution is 6.01. The summed E-state index contributed by atoms with van der Waals surface area (Å²) in [7, 11) is 0. The van der Waals surface area contributed by atoms with E-state index in [1.807, 2.05) is 30.3 Å². The van der Waals surface area contributed by atoms with Crippen LogP contribution in [0.5, 0.6) is 5.75 Å². The standard InChI is InChI=1S/C21H26N2O3/c24-18-12-17(13-18)20(14-5-8-22-9-6-14)23-21(25)16-7-10-26-19-4-2-1-3-15(19)11-16/h1-4,7,10-11,14,17-18,20,22,24H,5-6,8-9,12-13H2,(H,23,25). The van der Waals surface area contributed by atoms with Crippen molar-refractivity contribution in [3.8, 4) is 5.75 Å². The van der Waals surface area contributed by atoms with E-state index < -0.39 is 0 Å². The molecule has 0 spiro atoms. The molecule has 5 nitrogen and oxygen atoms in total. The highest BCUT2D eigenvalue weighted by atomic mass is 16.5. The zero-order valence-corrected chi connectivity index (χ0v) is 14.9. The van der Waals surface area contributed by atoms with Gasteiger partial charge in [0.1, 0.15) is 5.75 Å². The number of nitrogens with one attached hydrogen (secondary N) is 2. The minimum absolute atomic E-state index is 0.0634. The van der Waals surface area contributed by atoms with Gasteiger partial charge in [-0.25, -0.2) is 0 Å². The molecule has 0 bridgehead atoms. The number of rotatable bonds is 4. The summed E-state index contributed by atoms with van der Waals surface area (Å²) in [6.07, 6.45) is 8.68. The fourth-order valence-electron chi connectivity index (χ4n) is 4.23. The van der Waals surface area contributed by atoms with Crippen LogP contribution in [0.15, 0.2) is 42.2 Å². The molecular formula is C21H26N2O3. The van der Waals surface area contributed by atoms with Crippen LogP contribution >= 0.6 is 0 Å². The molecule has 1 atom stereocenters. The SMILES string of the molecule is O=C(NC(C1CCNCC1)C1CC(O)C1)C1=Cc2ccccc2OC=C1. The van der Waals surface area contributed by atoms with Gasteiger partial charge < -0.3 is 20.5 Å². The maximum atomic E-state index is 13.0. The molecule has 1 amide bonds. The fourth-order valence-corrected chi connectivity index (χ4v) is 4.23. The van der Waals surface area contributed by atoms with Crippen LogP contribution in [0.1, 0.15) is 31.2 Å². The summed E-state index contributed by atoms with van der Waals surface area (Å²) in [5.74, 6) is 1.53. The number of para-hydroxylation sites is 1. The van der Waals surface area contributed by atoms with Crippen LogP contribution in [-0.4, -0.2) is 36.2 Å². The lowest BCUT2D eigenvalue weighted by Crippen LogP contribution is -2.53. The number of ether oxygens (including phenoxy) is 1. The van der Waals surface area contributed by atoms with Crippen molar-refractivity contribution in [1.82, 2.24) is 10.6 Å². The van der Waals surface area contributed by atoms with Crippen LogP contribution < -0.4 is 15.4 Å². The maximum absolute atomic E-state index is 13.0. The Kier molecular flexibility index (Phi) is 5.09. The molecule has 1 saturated heterocycles. The summed E-state index contributed by atoms with van der Waals surface area (Å²) in [6, 6.07) is 7.82. The number of benzene rings is 1. The molecule has 5 heteroatoms. The van der Waals surface area contributed by atoms with Gasteiger partial charge in [-0.15, -0.1) is 0 Å². The van der Waals surface area contributed by atoms with Crippen molar-refractivity contribution in [3.63, 3.8) is 0 Å². The van der Waals surface area contributed by atoms with E-state index in [9.17, 15) is 9.90 Å². The highest BCUT2D eigenvalue weighted by Gasteiger charge is 2.39. The number of hydrogen-bond acceptors (Lipinski definition) is 4. The molecule has 4 rings (SSSR count). The Morgan fingerprint density at radius 1 is 1.19 bits per heavy atom. The molecule has 1 unspecified atom stereocenters. The van der Waals surface area contributed by atoms with Gasteiger partial charge in [0.05, 0.1) is 12.4 Å². The Labute approximate surface area is 154 Å². The first kappa shape index (κ1) is 17.3. The van der Waals surface area contributed by atoms with E-state index in [0.29, 0.717) is 17.4 Å². The van der Waals surface area contributed by atoms with Crippen molar-refractivity contribution in [2.24, 2.45) is 11.8 Å². The van der Waals surface area contributed by atoms with Gasteiger partial charge in [-0.3, -0.25) is 4.79 Å². The van der Waals surface area contributed by atoms with Gasteiger partial charge >= 0.3 is 0 Å². The summed E-state index contributed by atoms with van der Waals surface area (Å²) in [4.78, 5) is 13.0. The van der Waals surface area contributed by atoms with Crippen molar-refractivity contribution in [2.75, 3.05) is 13.1 Å².